The summed E-state index contributed by atoms with van der Waals surface area (Å²) in [7, 11) is 0. The van der Waals surface area contributed by atoms with Crippen molar-refractivity contribution in [2.45, 2.75) is 110 Å². The molecule has 0 aliphatic rings. The van der Waals surface area contributed by atoms with E-state index in [0.29, 0.717) is 6.54 Å². The molecule has 0 unspecified atom stereocenters. The van der Waals surface area contributed by atoms with Gasteiger partial charge < -0.3 is 24.6 Å². The predicted molar refractivity (Wildman–Crippen MR) is 129 cm³/mol. The molecule has 0 spiro atoms. The highest BCUT2D eigenvalue weighted by Crippen LogP contribution is 2.17. The minimum atomic E-state index is -1.18. The molecule has 0 radical (unpaired) electrons. The van der Waals surface area contributed by atoms with Gasteiger partial charge in [-0.3, -0.25) is 9.59 Å². The zero-order chi connectivity index (χ0) is 24.8. The quantitative estimate of drug-likeness (QED) is 0.122. The first-order valence-corrected chi connectivity index (χ1v) is 12.9. The number of aliphatic carboxylic acids is 3. The van der Waals surface area contributed by atoms with E-state index < -0.39 is 17.9 Å². The van der Waals surface area contributed by atoms with Crippen LogP contribution >= 0.6 is 0 Å². The van der Waals surface area contributed by atoms with Crippen LogP contribution in [-0.4, -0.2) is 58.8 Å². The summed E-state index contributed by atoms with van der Waals surface area (Å²) in [4.78, 5) is 33.1. The summed E-state index contributed by atoms with van der Waals surface area (Å²) in [6, 6.07) is 0. The van der Waals surface area contributed by atoms with Crippen molar-refractivity contribution in [2.75, 3.05) is 26.2 Å². The van der Waals surface area contributed by atoms with Crippen LogP contribution < -0.4 is 5.11 Å². The zero-order valence-corrected chi connectivity index (χ0v) is 20.8. The third-order valence-corrected chi connectivity index (χ3v) is 6.30. The van der Waals surface area contributed by atoms with Gasteiger partial charge in [0.1, 0.15) is 0 Å². The second kappa shape index (κ2) is 20.7. The van der Waals surface area contributed by atoms with Crippen molar-refractivity contribution in [2.24, 2.45) is 0 Å². The predicted octanol–water partition coefficient (Wildman–Crippen LogP) is 4.54. The molecule has 0 saturated heterocycles. The van der Waals surface area contributed by atoms with Crippen LogP contribution in [0.1, 0.15) is 110 Å². The number of hydrogen-bond donors (Lipinski definition) is 2. The lowest BCUT2D eigenvalue weighted by molar-refractivity contribution is -0.927. The van der Waals surface area contributed by atoms with E-state index in [0.717, 1.165) is 25.7 Å². The maximum Gasteiger partial charge on any atom is 0.309 e. The second-order valence-corrected chi connectivity index (χ2v) is 9.20. The Kier molecular flexibility index (Phi) is 19.5. The van der Waals surface area contributed by atoms with Crippen LogP contribution in [0.15, 0.2) is 12.2 Å². The zero-order valence-electron chi connectivity index (χ0n) is 20.8. The molecular weight excluding hydrogens is 422 g/mol. The van der Waals surface area contributed by atoms with Gasteiger partial charge >= 0.3 is 11.9 Å². The fourth-order valence-corrected chi connectivity index (χ4v) is 4.25. The van der Waals surface area contributed by atoms with E-state index in [1.54, 1.807) is 0 Å². The fourth-order valence-electron chi connectivity index (χ4n) is 4.25. The molecule has 7 nitrogen and oxygen atoms in total. The van der Waals surface area contributed by atoms with Crippen LogP contribution in [0.4, 0.5) is 0 Å². The molecule has 192 valence electrons. The van der Waals surface area contributed by atoms with Crippen LogP contribution in [0.5, 0.6) is 0 Å². The third kappa shape index (κ3) is 20.4. The van der Waals surface area contributed by atoms with Crippen molar-refractivity contribution in [3.05, 3.63) is 12.2 Å². The maximum atomic E-state index is 11.1. The Hall–Kier alpha value is -1.89. The molecule has 0 rings (SSSR count). The molecule has 0 bridgehead atoms. The summed E-state index contributed by atoms with van der Waals surface area (Å²) in [6.45, 7) is 3.50. The van der Waals surface area contributed by atoms with Crippen molar-refractivity contribution in [3.8, 4) is 0 Å². The lowest BCUT2D eigenvalue weighted by atomic mass is 10.0. The number of rotatable bonds is 24. The number of quaternary nitrogens is 1. The largest absolute Gasteiger partial charge is 0.550 e. The standard InChI is InChI=1S/C26H47NO6/c1-2-3-4-5-6-7-8-9-10-11-12-13-14-15-16-20-27(21-17-24(28)29,22-18-25(30)31)23-19-26(32)33/h3-4H,2,5-23H2,1H3,(H2-,28,29,30,31,32,33)/b4-3+. The maximum absolute atomic E-state index is 11.1. The van der Waals surface area contributed by atoms with Crippen molar-refractivity contribution in [3.63, 3.8) is 0 Å². The van der Waals surface area contributed by atoms with Crippen LogP contribution in [-0.2, 0) is 14.4 Å². The van der Waals surface area contributed by atoms with Gasteiger partial charge in [-0.1, -0.05) is 70.4 Å². The fraction of sp³-hybridized carbons (Fsp3) is 0.808. The molecule has 0 aromatic heterocycles. The Morgan fingerprint density at radius 3 is 1.48 bits per heavy atom. The lowest BCUT2D eigenvalue weighted by Crippen LogP contribution is -2.53. The van der Waals surface area contributed by atoms with Crippen LogP contribution in [0.3, 0.4) is 0 Å². The number of carboxylic acid groups (broad SMARTS) is 3. The SMILES string of the molecule is CC/C=C/CCCCCCCCCCCCC[N+](CCC(=O)[O-])(CCC(=O)O)CCC(=O)O. The molecule has 0 fully saturated rings. The molecule has 0 aromatic rings. The number of unbranched alkanes of at least 4 members (excludes halogenated alkanes) is 11. The summed E-state index contributed by atoms with van der Waals surface area (Å²) in [5, 5.41) is 29.1. The molecule has 0 atom stereocenters. The van der Waals surface area contributed by atoms with E-state index in [-0.39, 0.29) is 43.4 Å². The number of hydrogen-bond acceptors (Lipinski definition) is 4. The van der Waals surface area contributed by atoms with E-state index in [4.69, 9.17) is 10.2 Å². The number of carbonyl (C=O) groups is 3. The lowest BCUT2D eigenvalue weighted by Gasteiger charge is -2.38. The molecule has 0 amide bonds. The summed E-state index contributed by atoms with van der Waals surface area (Å²) in [5.41, 5.74) is 0. The first-order valence-electron chi connectivity index (χ1n) is 12.9. The number of carboxylic acids is 3. The Balaban J connectivity index is 4.12. The molecule has 33 heavy (non-hydrogen) atoms. The van der Waals surface area contributed by atoms with Gasteiger partial charge in [0, 0.05) is 12.4 Å². The van der Waals surface area contributed by atoms with Gasteiger partial charge in [-0.05, 0) is 32.1 Å². The average Bonchev–Trinajstić information content (AvgIpc) is 2.76. The minimum Gasteiger partial charge on any atom is -0.550 e. The Bertz CT molecular complexity index is 515. The molecule has 2 N–H and O–H groups in total. The summed E-state index contributed by atoms with van der Waals surface area (Å²) < 4.78 is 0.223. The van der Waals surface area contributed by atoms with Crippen molar-refractivity contribution < 1.29 is 34.2 Å². The van der Waals surface area contributed by atoms with E-state index in [2.05, 4.69) is 19.1 Å². The van der Waals surface area contributed by atoms with Gasteiger partial charge in [0.25, 0.3) is 0 Å². The van der Waals surface area contributed by atoms with Crippen molar-refractivity contribution >= 4 is 17.9 Å². The molecule has 0 aromatic carbocycles. The minimum absolute atomic E-state index is 0.0951. The smallest absolute Gasteiger partial charge is 0.309 e. The second-order valence-electron chi connectivity index (χ2n) is 9.20. The molecule has 7 heteroatoms. The highest BCUT2D eigenvalue weighted by Gasteiger charge is 2.28. The summed E-state index contributed by atoms with van der Waals surface area (Å²) >= 11 is 0. The number of nitrogens with zero attached hydrogens (tertiary/aromatic N) is 1. The summed E-state index contributed by atoms with van der Waals surface area (Å²) in [6.07, 6.45) is 19.6. The monoisotopic (exact) mass is 469 g/mol. The Morgan fingerprint density at radius 1 is 0.636 bits per heavy atom. The van der Waals surface area contributed by atoms with Crippen molar-refractivity contribution in [1.82, 2.24) is 0 Å². The third-order valence-electron chi connectivity index (χ3n) is 6.30. The topological polar surface area (TPSA) is 115 Å². The highest BCUT2D eigenvalue weighted by atomic mass is 16.4. The van der Waals surface area contributed by atoms with E-state index >= 15 is 0 Å². The van der Waals surface area contributed by atoms with Crippen LogP contribution in [0, 0.1) is 0 Å². The summed E-state index contributed by atoms with van der Waals surface area (Å²) in [5.74, 6) is -3.08. The van der Waals surface area contributed by atoms with Gasteiger partial charge in [0.05, 0.1) is 39.0 Å². The first-order chi connectivity index (χ1) is 15.8. The van der Waals surface area contributed by atoms with Gasteiger partial charge in [0.2, 0.25) is 0 Å². The molecule has 0 aliphatic carbocycles. The normalized spacial score (nSPS) is 11.8. The average molecular weight is 470 g/mol. The highest BCUT2D eigenvalue weighted by molar-refractivity contribution is 5.67. The molecule has 0 aliphatic heterocycles. The van der Waals surface area contributed by atoms with Gasteiger partial charge in [-0.15, -0.1) is 0 Å². The van der Waals surface area contributed by atoms with E-state index in [1.165, 1.54) is 57.8 Å². The molecular formula is C26H47NO6. The van der Waals surface area contributed by atoms with E-state index in [9.17, 15) is 19.5 Å². The van der Waals surface area contributed by atoms with Crippen molar-refractivity contribution in [1.29, 1.82) is 0 Å². The van der Waals surface area contributed by atoms with Crippen LogP contribution in [0.25, 0.3) is 0 Å². The molecule has 0 saturated carbocycles. The van der Waals surface area contributed by atoms with Gasteiger partial charge in [-0.2, -0.15) is 0 Å². The Labute approximate surface area is 200 Å². The number of carbonyl (C=O) groups excluding carboxylic acids is 1. The van der Waals surface area contributed by atoms with Crippen LogP contribution in [0.2, 0.25) is 0 Å². The Morgan fingerprint density at radius 2 is 1.06 bits per heavy atom. The van der Waals surface area contributed by atoms with Gasteiger partial charge in [0.15, 0.2) is 0 Å². The molecule has 0 heterocycles. The van der Waals surface area contributed by atoms with E-state index in [1.807, 2.05) is 0 Å². The number of allylic oxidation sites excluding steroid dienone is 2. The first kappa shape index (κ1) is 31.1. The van der Waals surface area contributed by atoms with Gasteiger partial charge in [-0.25, -0.2) is 0 Å².